The molecule has 1 aromatic carbocycles. The lowest BCUT2D eigenvalue weighted by molar-refractivity contribution is -0.137. The molecule has 0 aliphatic carbocycles. The third-order valence-corrected chi connectivity index (χ3v) is 3.11. The van der Waals surface area contributed by atoms with Crippen LogP contribution < -0.4 is 0 Å². The van der Waals surface area contributed by atoms with Gasteiger partial charge in [0.2, 0.25) is 0 Å². The SMILES string of the molecule is O=C(O)CCN1CCO[C@@H](c2ccc(F)c(F)c2)C1. The first-order valence-corrected chi connectivity index (χ1v) is 6.07. The van der Waals surface area contributed by atoms with Gasteiger partial charge in [0.05, 0.1) is 19.1 Å². The summed E-state index contributed by atoms with van der Waals surface area (Å²) in [6.07, 6.45) is -0.289. The van der Waals surface area contributed by atoms with Crippen molar-refractivity contribution in [1.29, 1.82) is 0 Å². The molecule has 1 heterocycles. The minimum absolute atomic E-state index is 0.0600. The summed E-state index contributed by atoms with van der Waals surface area (Å²) in [5, 5.41) is 8.64. The third-order valence-electron chi connectivity index (χ3n) is 3.11. The highest BCUT2D eigenvalue weighted by Crippen LogP contribution is 2.23. The molecule has 1 aliphatic rings. The molecule has 1 aliphatic heterocycles. The van der Waals surface area contributed by atoms with E-state index in [4.69, 9.17) is 9.84 Å². The molecule has 19 heavy (non-hydrogen) atoms. The Bertz CT molecular complexity index is 467. The Balaban J connectivity index is 2.00. The molecule has 0 spiro atoms. The Morgan fingerprint density at radius 2 is 2.21 bits per heavy atom. The first-order valence-electron chi connectivity index (χ1n) is 6.07. The number of benzene rings is 1. The summed E-state index contributed by atoms with van der Waals surface area (Å²) in [6.45, 7) is 2.01. The Morgan fingerprint density at radius 1 is 1.42 bits per heavy atom. The van der Waals surface area contributed by atoms with E-state index in [-0.39, 0.29) is 12.5 Å². The average molecular weight is 271 g/mol. The second kappa shape index (κ2) is 6.08. The largest absolute Gasteiger partial charge is 0.481 e. The van der Waals surface area contributed by atoms with E-state index in [1.807, 2.05) is 4.90 Å². The second-order valence-electron chi connectivity index (χ2n) is 4.48. The van der Waals surface area contributed by atoms with E-state index in [1.165, 1.54) is 6.07 Å². The predicted octanol–water partition coefficient (Wildman–Crippen LogP) is 1.81. The fourth-order valence-corrected chi connectivity index (χ4v) is 2.07. The van der Waals surface area contributed by atoms with Gasteiger partial charge < -0.3 is 9.84 Å². The quantitative estimate of drug-likeness (QED) is 0.907. The van der Waals surface area contributed by atoms with Gasteiger partial charge in [-0.2, -0.15) is 0 Å². The highest BCUT2D eigenvalue weighted by atomic mass is 19.2. The third kappa shape index (κ3) is 3.71. The van der Waals surface area contributed by atoms with E-state index >= 15 is 0 Å². The first kappa shape index (κ1) is 13.9. The number of ether oxygens (including phenoxy) is 1. The fraction of sp³-hybridized carbons (Fsp3) is 0.462. The minimum Gasteiger partial charge on any atom is -0.481 e. The molecule has 0 unspecified atom stereocenters. The number of halogens is 2. The van der Waals surface area contributed by atoms with Crippen molar-refractivity contribution in [3.05, 3.63) is 35.4 Å². The van der Waals surface area contributed by atoms with Crippen LogP contribution in [-0.2, 0) is 9.53 Å². The maximum atomic E-state index is 13.2. The van der Waals surface area contributed by atoms with Crippen LogP contribution in [0.25, 0.3) is 0 Å². The van der Waals surface area contributed by atoms with Crippen molar-refractivity contribution in [2.75, 3.05) is 26.2 Å². The van der Waals surface area contributed by atoms with Gasteiger partial charge in [-0.1, -0.05) is 6.07 Å². The monoisotopic (exact) mass is 271 g/mol. The van der Waals surface area contributed by atoms with Crippen LogP contribution in [0.2, 0.25) is 0 Å². The van der Waals surface area contributed by atoms with Gasteiger partial charge in [-0.15, -0.1) is 0 Å². The van der Waals surface area contributed by atoms with Crippen molar-refractivity contribution in [1.82, 2.24) is 4.90 Å². The Kier molecular flexibility index (Phi) is 4.44. The number of nitrogens with zero attached hydrogens (tertiary/aromatic N) is 1. The average Bonchev–Trinajstić information content (AvgIpc) is 2.40. The maximum absolute atomic E-state index is 13.2. The summed E-state index contributed by atoms with van der Waals surface area (Å²) in [7, 11) is 0. The lowest BCUT2D eigenvalue weighted by atomic mass is 10.1. The van der Waals surface area contributed by atoms with Gasteiger partial charge in [0.25, 0.3) is 0 Å². The number of morpholine rings is 1. The Hall–Kier alpha value is -1.53. The van der Waals surface area contributed by atoms with Gasteiger partial charge in [-0.05, 0) is 17.7 Å². The summed E-state index contributed by atoms with van der Waals surface area (Å²) >= 11 is 0. The van der Waals surface area contributed by atoms with Crippen molar-refractivity contribution in [3.63, 3.8) is 0 Å². The van der Waals surface area contributed by atoms with Crippen LogP contribution in [0.15, 0.2) is 18.2 Å². The second-order valence-corrected chi connectivity index (χ2v) is 4.48. The topological polar surface area (TPSA) is 49.8 Å². The summed E-state index contributed by atoms with van der Waals surface area (Å²) in [5.41, 5.74) is 0.568. The van der Waals surface area contributed by atoms with Crippen LogP contribution in [0, 0.1) is 11.6 Å². The molecule has 1 fully saturated rings. The summed E-state index contributed by atoms with van der Waals surface area (Å²) in [5.74, 6) is -2.64. The molecule has 2 rings (SSSR count). The highest BCUT2D eigenvalue weighted by molar-refractivity contribution is 5.66. The van der Waals surface area contributed by atoms with Crippen molar-refractivity contribution >= 4 is 5.97 Å². The van der Waals surface area contributed by atoms with E-state index < -0.39 is 17.6 Å². The fourth-order valence-electron chi connectivity index (χ4n) is 2.07. The van der Waals surface area contributed by atoms with E-state index in [9.17, 15) is 13.6 Å². The number of carboxylic acids is 1. The molecule has 6 heteroatoms. The van der Waals surface area contributed by atoms with Crippen molar-refractivity contribution in [3.8, 4) is 0 Å². The molecule has 0 radical (unpaired) electrons. The molecule has 1 atom stereocenters. The van der Waals surface area contributed by atoms with Crippen LogP contribution >= 0.6 is 0 Å². The minimum atomic E-state index is -0.899. The van der Waals surface area contributed by atoms with Crippen molar-refractivity contribution in [2.24, 2.45) is 0 Å². The molecule has 4 nitrogen and oxygen atoms in total. The number of rotatable bonds is 4. The smallest absolute Gasteiger partial charge is 0.304 e. The normalized spacial score (nSPS) is 20.4. The van der Waals surface area contributed by atoms with Gasteiger partial charge in [0.15, 0.2) is 11.6 Å². The first-order chi connectivity index (χ1) is 9.06. The number of aliphatic carboxylic acids is 1. The molecule has 0 saturated carbocycles. The van der Waals surface area contributed by atoms with Crippen molar-refractivity contribution in [2.45, 2.75) is 12.5 Å². The molecule has 0 amide bonds. The maximum Gasteiger partial charge on any atom is 0.304 e. The van der Waals surface area contributed by atoms with Gasteiger partial charge >= 0.3 is 5.97 Å². The Labute approximate surface area is 109 Å². The van der Waals surface area contributed by atoms with Crippen LogP contribution in [0.1, 0.15) is 18.1 Å². The molecule has 1 aromatic rings. The predicted molar refractivity (Wildman–Crippen MR) is 63.7 cm³/mol. The molecular weight excluding hydrogens is 256 g/mol. The molecule has 1 saturated heterocycles. The zero-order valence-corrected chi connectivity index (χ0v) is 10.3. The molecule has 104 valence electrons. The van der Waals surface area contributed by atoms with E-state index in [2.05, 4.69) is 0 Å². The lowest BCUT2D eigenvalue weighted by Crippen LogP contribution is -2.39. The standard InChI is InChI=1S/C13H15F2NO3/c14-10-2-1-9(7-11(10)15)12-8-16(5-6-19-12)4-3-13(17)18/h1-2,7,12H,3-6,8H2,(H,17,18)/t12-/m1/s1. The van der Waals surface area contributed by atoms with Crippen molar-refractivity contribution < 1.29 is 23.4 Å². The van der Waals surface area contributed by atoms with E-state index in [0.29, 0.717) is 31.8 Å². The summed E-state index contributed by atoms with van der Waals surface area (Å²) in [6, 6.07) is 3.69. The van der Waals surface area contributed by atoms with E-state index in [1.54, 1.807) is 0 Å². The number of hydrogen-bond acceptors (Lipinski definition) is 3. The van der Waals surface area contributed by atoms with Gasteiger partial charge in [0, 0.05) is 19.6 Å². The zero-order chi connectivity index (χ0) is 13.8. The summed E-state index contributed by atoms with van der Waals surface area (Å²) < 4.78 is 31.5. The van der Waals surface area contributed by atoms with Crippen LogP contribution in [0.4, 0.5) is 8.78 Å². The molecule has 0 aromatic heterocycles. The summed E-state index contributed by atoms with van der Waals surface area (Å²) in [4.78, 5) is 12.5. The molecular formula is C13H15F2NO3. The zero-order valence-electron chi connectivity index (χ0n) is 10.3. The highest BCUT2D eigenvalue weighted by Gasteiger charge is 2.23. The molecule has 0 bridgehead atoms. The van der Waals surface area contributed by atoms with Crippen LogP contribution in [0.5, 0.6) is 0 Å². The Morgan fingerprint density at radius 3 is 2.89 bits per heavy atom. The number of carbonyl (C=O) groups is 1. The lowest BCUT2D eigenvalue weighted by Gasteiger charge is -2.32. The molecule has 1 N–H and O–H groups in total. The van der Waals surface area contributed by atoms with Crippen LogP contribution in [-0.4, -0.2) is 42.2 Å². The van der Waals surface area contributed by atoms with Gasteiger partial charge in [-0.3, -0.25) is 9.69 Å². The van der Waals surface area contributed by atoms with Crippen LogP contribution in [0.3, 0.4) is 0 Å². The van der Waals surface area contributed by atoms with Gasteiger partial charge in [0.1, 0.15) is 0 Å². The van der Waals surface area contributed by atoms with E-state index in [0.717, 1.165) is 12.1 Å². The number of carboxylic acid groups (broad SMARTS) is 1. The number of hydrogen-bond donors (Lipinski definition) is 1. The van der Waals surface area contributed by atoms with Gasteiger partial charge in [-0.25, -0.2) is 8.78 Å².